The predicted molar refractivity (Wildman–Crippen MR) is 182 cm³/mol. The van der Waals surface area contributed by atoms with E-state index in [-0.39, 0.29) is 0 Å². The Kier molecular flexibility index (Phi) is 4.51. The number of hydrogen-bond acceptors (Lipinski definition) is 1. The fraction of sp³-hybridized carbons (Fsp3) is 0. The normalized spacial score (nSPS) is 12.4. The molecule has 0 N–H and O–H groups in total. The zero-order chi connectivity index (χ0) is 28.1. The van der Waals surface area contributed by atoms with E-state index in [2.05, 4.69) is 140 Å². The van der Waals surface area contributed by atoms with Gasteiger partial charge < -0.3 is 4.74 Å². The summed E-state index contributed by atoms with van der Waals surface area (Å²) < 4.78 is 6.47. The van der Waals surface area contributed by atoms with Gasteiger partial charge in [0.15, 0.2) is 0 Å². The molecule has 0 atom stereocenters. The summed E-state index contributed by atoms with van der Waals surface area (Å²) >= 11 is 0. The van der Waals surface area contributed by atoms with Crippen LogP contribution in [0.3, 0.4) is 0 Å². The molecule has 0 fully saturated rings. The summed E-state index contributed by atoms with van der Waals surface area (Å²) in [4.78, 5) is 0. The molecular formula is C42H24O. The molecule has 1 aliphatic rings. The molecule has 1 heteroatoms. The summed E-state index contributed by atoms with van der Waals surface area (Å²) in [6.07, 6.45) is 0. The molecule has 1 nitrogen and oxygen atoms in total. The van der Waals surface area contributed by atoms with Crippen LogP contribution in [0.4, 0.5) is 0 Å². The zero-order valence-electron chi connectivity index (χ0n) is 23.3. The Labute approximate surface area is 248 Å². The molecular weight excluding hydrogens is 520 g/mol. The Morgan fingerprint density at radius 3 is 1.81 bits per heavy atom. The molecule has 0 spiro atoms. The fourth-order valence-corrected chi connectivity index (χ4v) is 7.55. The van der Waals surface area contributed by atoms with E-state index in [0.29, 0.717) is 0 Å². The van der Waals surface area contributed by atoms with Crippen LogP contribution in [0.5, 0.6) is 11.5 Å². The van der Waals surface area contributed by atoms with Gasteiger partial charge in [-0.3, -0.25) is 0 Å². The third-order valence-electron chi connectivity index (χ3n) is 9.42. The van der Waals surface area contributed by atoms with Crippen LogP contribution in [0, 0.1) is 0 Å². The summed E-state index contributed by atoms with van der Waals surface area (Å²) in [6, 6.07) is 53.2. The molecule has 0 saturated carbocycles. The maximum absolute atomic E-state index is 6.47. The van der Waals surface area contributed by atoms with Gasteiger partial charge in [-0.05, 0) is 94.5 Å². The number of ether oxygens (including phenoxy) is 1. The number of hydrogen-bond donors (Lipinski definition) is 0. The fourth-order valence-electron chi connectivity index (χ4n) is 7.55. The van der Waals surface area contributed by atoms with Crippen LogP contribution in [0.1, 0.15) is 0 Å². The Bertz CT molecular complexity index is 2570. The van der Waals surface area contributed by atoms with Gasteiger partial charge in [0.2, 0.25) is 0 Å². The average molecular weight is 545 g/mol. The SMILES string of the molecule is c1ccc2c(c1)Oc1ccc(-c3c(-c4ccc5ccc6cccc7ccc4c5c67)ccc4ccccc34)c3cccc-2c13. The highest BCUT2D eigenvalue weighted by atomic mass is 16.5. The van der Waals surface area contributed by atoms with E-state index in [1.165, 1.54) is 81.7 Å². The second-order valence-corrected chi connectivity index (χ2v) is 11.6. The van der Waals surface area contributed by atoms with Gasteiger partial charge in [0.25, 0.3) is 0 Å². The van der Waals surface area contributed by atoms with Crippen molar-refractivity contribution in [3.8, 4) is 44.9 Å². The first-order chi connectivity index (χ1) is 21.3. The highest BCUT2D eigenvalue weighted by Gasteiger charge is 2.23. The molecule has 1 aliphatic heterocycles. The van der Waals surface area contributed by atoms with E-state index in [1.807, 2.05) is 6.07 Å². The largest absolute Gasteiger partial charge is 0.456 e. The van der Waals surface area contributed by atoms with Gasteiger partial charge in [0.05, 0.1) is 0 Å². The van der Waals surface area contributed by atoms with E-state index < -0.39 is 0 Å². The minimum absolute atomic E-state index is 0.912. The summed E-state index contributed by atoms with van der Waals surface area (Å²) in [7, 11) is 0. The van der Waals surface area contributed by atoms with Crippen molar-refractivity contribution in [3.63, 3.8) is 0 Å². The summed E-state index contributed by atoms with van der Waals surface area (Å²) in [5, 5.41) is 12.7. The Morgan fingerprint density at radius 2 is 0.884 bits per heavy atom. The summed E-state index contributed by atoms with van der Waals surface area (Å²) in [6.45, 7) is 0. The van der Waals surface area contributed by atoms with Crippen LogP contribution in [0.2, 0.25) is 0 Å². The topological polar surface area (TPSA) is 9.23 Å². The molecule has 10 rings (SSSR count). The average Bonchev–Trinajstić information content (AvgIpc) is 3.07. The lowest BCUT2D eigenvalue weighted by atomic mass is 9.83. The molecule has 43 heavy (non-hydrogen) atoms. The molecule has 0 radical (unpaired) electrons. The summed E-state index contributed by atoms with van der Waals surface area (Å²) in [5.41, 5.74) is 7.35. The van der Waals surface area contributed by atoms with E-state index in [0.717, 1.165) is 17.1 Å². The molecule has 1 heterocycles. The van der Waals surface area contributed by atoms with Gasteiger partial charge >= 0.3 is 0 Å². The van der Waals surface area contributed by atoms with Crippen molar-refractivity contribution in [1.82, 2.24) is 0 Å². The number of fused-ring (bicyclic) bond motifs is 3. The van der Waals surface area contributed by atoms with E-state index in [4.69, 9.17) is 4.74 Å². The lowest BCUT2D eigenvalue weighted by Crippen LogP contribution is -1.98. The van der Waals surface area contributed by atoms with Crippen molar-refractivity contribution in [1.29, 1.82) is 0 Å². The first kappa shape index (κ1) is 23.0. The minimum Gasteiger partial charge on any atom is -0.456 e. The molecule has 0 unspecified atom stereocenters. The van der Waals surface area contributed by atoms with E-state index >= 15 is 0 Å². The third kappa shape index (κ3) is 3.11. The lowest BCUT2D eigenvalue weighted by Gasteiger charge is -2.24. The van der Waals surface area contributed by atoms with Crippen LogP contribution in [-0.4, -0.2) is 0 Å². The molecule has 0 saturated heterocycles. The Hall–Kier alpha value is -5.66. The first-order valence-electron chi connectivity index (χ1n) is 14.9. The maximum atomic E-state index is 6.47. The van der Waals surface area contributed by atoms with Crippen molar-refractivity contribution in [2.45, 2.75) is 0 Å². The van der Waals surface area contributed by atoms with Crippen LogP contribution in [-0.2, 0) is 0 Å². The first-order valence-corrected chi connectivity index (χ1v) is 14.9. The van der Waals surface area contributed by atoms with Crippen molar-refractivity contribution in [2.24, 2.45) is 0 Å². The minimum atomic E-state index is 0.912. The van der Waals surface area contributed by atoms with Crippen LogP contribution >= 0.6 is 0 Å². The molecule has 0 bridgehead atoms. The lowest BCUT2D eigenvalue weighted by molar-refractivity contribution is 0.487. The van der Waals surface area contributed by atoms with Gasteiger partial charge in [-0.15, -0.1) is 0 Å². The van der Waals surface area contributed by atoms with Gasteiger partial charge in [-0.25, -0.2) is 0 Å². The highest BCUT2D eigenvalue weighted by Crippen LogP contribution is 2.51. The molecule has 198 valence electrons. The van der Waals surface area contributed by atoms with Crippen LogP contribution in [0.15, 0.2) is 146 Å². The maximum Gasteiger partial charge on any atom is 0.135 e. The van der Waals surface area contributed by atoms with Crippen molar-refractivity contribution < 1.29 is 4.74 Å². The summed E-state index contributed by atoms with van der Waals surface area (Å²) in [5.74, 6) is 1.83. The second kappa shape index (κ2) is 8.44. The van der Waals surface area contributed by atoms with Crippen molar-refractivity contribution in [2.75, 3.05) is 0 Å². The van der Waals surface area contributed by atoms with Crippen molar-refractivity contribution >= 4 is 53.9 Å². The monoisotopic (exact) mass is 544 g/mol. The van der Waals surface area contributed by atoms with E-state index in [9.17, 15) is 0 Å². The van der Waals surface area contributed by atoms with Crippen LogP contribution < -0.4 is 4.74 Å². The second-order valence-electron chi connectivity index (χ2n) is 11.6. The predicted octanol–water partition coefficient (Wildman–Crippen LogP) is 12.0. The smallest absolute Gasteiger partial charge is 0.135 e. The highest BCUT2D eigenvalue weighted by molar-refractivity contribution is 6.26. The number of rotatable bonds is 2. The Morgan fingerprint density at radius 1 is 0.279 bits per heavy atom. The van der Waals surface area contributed by atoms with Gasteiger partial charge in [0, 0.05) is 10.9 Å². The number of para-hydroxylation sites is 1. The van der Waals surface area contributed by atoms with Gasteiger partial charge in [-0.1, -0.05) is 127 Å². The zero-order valence-corrected chi connectivity index (χ0v) is 23.3. The quantitative estimate of drug-likeness (QED) is 0.197. The molecule has 0 aliphatic carbocycles. The number of benzene rings is 9. The molecule has 0 aromatic heterocycles. The van der Waals surface area contributed by atoms with E-state index in [1.54, 1.807) is 0 Å². The van der Waals surface area contributed by atoms with Crippen molar-refractivity contribution in [3.05, 3.63) is 146 Å². The molecule has 9 aromatic rings. The molecule has 0 amide bonds. The standard InChI is InChI=1S/C42H24O/c1-2-10-29-25(7-1)17-21-35(30-20-18-28-16-15-26-8-5-9-27-19-22-34(30)40(28)39(26)27)41(29)36-23-24-38-42-32(12-6-13-33(36)42)31-11-3-4-14-37(31)43-38/h1-24H. The van der Waals surface area contributed by atoms with Gasteiger partial charge in [0.1, 0.15) is 11.5 Å². The molecule has 9 aromatic carbocycles. The Balaban J connectivity index is 1.33. The third-order valence-corrected chi connectivity index (χ3v) is 9.42. The van der Waals surface area contributed by atoms with Crippen LogP contribution in [0.25, 0.3) is 87.2 Å². The van der Waals surface area contributed by atoms with Gasteiger partial charge in [-0.2, -0.15) is 0 Å².